The van der Waals surface area contributed by atoms with Gasteiger partial charge in [0.25, 0.3) is 5.91 Å². The Hall–Kier alpha value is -1.95. The molecule has 20 heavy (non-hydrogen) atoms. The number of thioether (sulfide) groups is 1. The van der Waals surface area contributed by atoms with E-state index in [0.717, 1.165) is 23.5 Å². The van der Waals surface area contributed by atoms with Crippen LogP contribution in [0.1, 0.15) is 16.8 Å². The minimum Gasteiger partial charge on any atom is -0.477 e. The number of hydrogen-bond donors (Lipinski definition) is 1. The summed E-state index contributed by atoms with van der Waals surface area (Å²) in [6.07, 6.45) is 4.50. The average Bonchev–Trinajstić information content (AvgIpc) is 2.92. The molecular formula is C14H15N3O2S. The molecule has 1 N–H and O–H groups in total. The molecule has 1 aromatic heterocycles. The Morgan fingerprint density at radius 2 is 2.20 bits per heavy atom. The highest BCUT2D eigenvalue weighted by Gasteiger charge is 2.21. The third kappa shape index (κ3) is 2.51. The van der Waals surface area contributed by atoms with Crippen LogP contribution in [-0.4, -0.2) is 28.6 Å². The molecule has 104 valence electrons. The highest BCUT2D eigenvalue weighted by atomic mass is 32.2. The van der Waals surface area contributed by atoms with Crippen LogP contribution in [0, 0.1) is 0 Å². The number of aromatic nitrogens is 2. The fourth-order valence-electron chi connectivity index (χ4n) is 2.10. The van der Waals surface area contributed by atoms with Crippen molar-refractivity contribution >= 4 is 23.4 Å². The molecule has 0 saturated heterocycles. The van der Waals surface area contributed by atoms with Gasteiger partial charge in [-0.2, -0.15) is 5.10 Å². The van der Waals surface area contributed by atoms with Crippen molar-refractivity contribution in [2.45, 2.75) is 17.9 Å². The first-order valence-corrected chi connectivity index (χ1v) is 7.64. The van der Waals surface area contributed by atoms with E-state index in [2.05, 4.69) is 10.4 Å². The molecule has 2 heterocycles. The summed E-state index contributed by atoms with van der Waals surface area (Å²) in [5, 5.41) is 7.04. The smallest absolute Gasteiger partial charge is 0.262 e. The largest absolute Gasteiger partial charge is 0.477 e. The van der Waals surface area contributed by atoms with E-state index in [1.54, 1.807) is 22.6 Å². The van der Waals surface area contributed by atoms with E-state index in [-0.39, 0.29) is 5.91 Å². The minimum absolute atomic E-state index is 0.190. The SMILES string of the molecule is CSc1ccc(NC(=O)c2cnn3c2OCCC3)cc1. The predicted octanol–water partition coefficient (Wildman–Crippen LogP) is 2.64. The minimum atomic E-state index is -0.190. The zero-order chi connectivity index (χ0) is 13.9. The molecule has 0 bridgehead atoms. The third-order valence-corrected chi connectivity index (χ3v) is 3.88. The number of fused-ring (bicyclic) bond motifs is 1. The van der Waals surface area contributed by atoms with E-state index in [1.807, 2.05) is 30.5 Å². The van der Waals surface area contributed by atoms with Gasteiger partial charge in [0, 0.05) is 23.5 Å². The Balaban J connectivity index is 1.77. The number of hydrogen-bond acceptors (Lipinski definition) is 4. The standard InChI is InChI=1S/C14H15N3O2S/c1-20-11-5-3-10(4-6-11)16-13(18)12-9-15-17-7-2-8-19-14(12)17/h3-6,9H,2,7-8H2,1H3,(H,16,18). The van der Waals surface area contributed by atoms with Crippen molar-refractivity contribution in [3.05, 3.63) is 36.0 Å². The quantitative estimate of drug-likeness (QED) is 0.883. The molecule has 2 aromatic rings. The first-order chi connectivity index (χ1) is 9.78. The Labute approximate surface area is 121 Å². The number of carbonyl (C=O) groups excluding carboxylic acids is 1. The maximum Gasteiger partial charge on any atom is 0.262 e. The van der Waals surface area contributed by atoms with Crippen LogP contribution in [0.15, 0.2) is 35.4 Å². The van der Waals surface area contributed by atoms with Crippen molar-refractivity contribution in [2.75, 3.05) is 18.2 Å². The summed E-state index contributed by atoms with van der Waals surface area (Å²) in [7, 11) is 0. The number of rotatable bonds is 3. The number of amides is 1. The van der Waals surface area contributed by atoms with Gasteiger partial charge in [0.15, 0.2) is 0 Å². The molecule has 5 nitrogen and oxygen atoms in total. The zero-order valence-electron chi connectivity index (χ0n) is 11.1. The molecule has 0 atom stereocenters. The second-order valence-electron chi connectivity index (χ2n) is 4.47. The number of anilines is 1. The summed E-state index contributed by atoms with van der Waals surface area (Å²) >= 11 is 1.67. The topological polar surface area (TPSA) is 56.2 Å². The first-order valence-electron chi connectivity index (χ1n) is 6.42. The van der Waals surface area contributed by atoms with Gasteiger partial charge in [-0.15, -0.1) is 11.8 Å². The molecule has 1 aromatic carbocycles. The van der Waals surface area contributed by atoms with Crippen LogP contribution >= 0.6 is 11.8 Å². The fourth-order valence-corrected chi connectivity index (χ4v) is 2.51. The Kier molecular flexibility index (Phi) is 3.64. The second kappa shape index (κ2) is 5.58. The van der Waals surface area contributed by atoms with Crippen LogP contribution in [0.3, 0.4) is 0 Å². The monoisotopic (exact) mass is 289 g/mol. The van der Waals surface area contributed by atoms with Gasteiger partial charge in [-0.3, -0.25) is 4.79 Å². The van der Waals surface area contributed by atoms with Gasteiger partial charge >= 0.3 is 0 Å². The molecule has 0 spiro atoms. The average molecular weight is 289 g/mol. The normalized spacial score (nSPS) is 13.4. The zero-order valence-corrected chi connectivity index (χ0v) is 11.9. The summed E-state index contributed by atoms with van der Waals surface area (Å²) in [4.78, 5) is 13.4. The second-order valence-corrected chi connectivity index (χ2v) is 5.35. The molecule has 0 unspecified atom stereocenters. The summed E-state index contributed by atoms with van der Waals surface area (Å²) in [5.41, 5.74) is 1.25. The molecule has 0 saturated carbocycles. The molecule has 0 radical (unpaired) electrons. The van der Waals surface area contributed by atoms with E-state index >= 15 is 0 Å². The van der Waals surface area contributed by atoms with Gasteiger partial charge in [0.05, 0.1) is 12.8 Å². The summed E-state index contributed by atoms with van der Waals surface area (Å²) in [6.45, 7) is 1.43. The fraction of sp³-hybridized carbons (Fsp3) is 0.286. The van der Waals surface area contributed by atoms with E-state index in [4.69, 9.17) is 4.74 Å². The molecule has 1 amide bonds. The lowest BCUT2D eigenvalue weighted by atomic mass is 10.2. The van der Waals surface area contributed by atoms with Crippen LogP contribution in [-0.2, 0) is 6.54 Å². The van der Waals surface area contributed by atoms with Crippen molar-refractivity contribution in [2.24, 2.45) is 0 Å². The van der Waals surface area contributed by atoms with Crippen molar-refractivity contribution in [1.29, 1.82) is 0 Å². The summed E-state index contributed by atoms with van der Waals surface area (Å²) in [5.74, 6) is 0.375. The number of benzene rings is 1. The van der Waals surface area contributed by atoms with Gasteiger partial charge in [-0.05, 0) is 30.5 Å². The molecule has 1 aliphatic heterocycles. The van der Waals surface area contributed by atoms with Crippen molar-refractivity contribution in [3.8, 4) is 5.88 Å². The summed E-state index contributed by atoms with van der Waals surface area (Å²) < 4.78 is 7.26. The Morgan fingerprint density at radius 3 is 2.95 bits per heavy atom. The predicted molar refractivity (Wildman–Crippen MR) is 78.5 cm³/mol. The van der Waals surface area contributed by atoms with Gasteiger partial charge in [0.1, 0.15) is 5.56 Å². The lowest BCUT2D eigenvalue weighted by molar-refractivity contribution is 0.102. The van der Waals surface area contributed by atoms with Gasteiger partial charge in [0.2, 0.25) is 5.88 Å². The van der Waals surface area contributed by atoms with Gasteiger partial charge in [-0.25, -0.2) is 4.68 Å². The maximum atomic E-state index is 12.3. The Bertz CT molecular complexity index is 622. The molecule has 6 heteroatoms. The maximum absolute atomic E-state index is 12.3. The van der Waals surface area contributed by atoms with Gasteiger partial charge in [-0.1, -0.05) is 0 Å². The first kappa shape index (κ1) is 13.1. The molecule has 0 aliphatic carbocycles. The van der Waals surface area contributed by atoms with Crippen LogP contribution in [0.5, 0.6) is 5.88 Å². The van der Waals surface area contributed by atoms with Crippen molar-refractivity contribution in [3.63, 3.8) is 0 Å². The number of ether oxygens (including phenoxy) is 1. The van der Waals surface area contributed by atoms with Crippen molar-refractivity contribution in [1.82, 2.24) is 9.78 Å². The molecule has 1 aliphatic rings. The van der Waals surface area contributed by atoms with Crippen LogP contribution in [0.4, 0.5) is 5.69 Å². The summed E-state index contributed by atoms with van der Waals surface area (Å²) in [6, 6.07) is 7.73. The van der Waals surface area contributed by atoms with E-state index < -0.39 is 0 Å². The number of nitrogens with zero attached hydrogens (tertiary/aromatic N) is 2. The van der Waals surface area contributed by atoms with Crippen LogP contribution < -0.4 is 10.1 Å². The lowest BCUT2D eigenvalue weighted by Crippen LogP contribution is -2.18. The lowest BCUT2D eigenvalue weighted by Gasteiger charge is -2.15. The molecule has 3 rings (SSSR count). The van der Waals surface area contributed by atoms with Gasteiger partial charge < -0.3 is 10.1 Å². The van der Waals surface area contributed by atoms with Crippen molar-refractivity contribution < 1.29 is 9.53 Å². The van der Waals surface area contributed by atoms with E-state index in [0.29, 0.717) is 18.1 Å². The number of carbonyl (C=O) groups is 1. The van der Waals surface area contributed by atoms with E-state index in [9.17, 15) is 4.79 Å². The highest BCUT2D eigenvalue weighted by molar-refractivity contribution is 7.98. The van der Waals surface area contributed by atoms with E-state index in [1.165, 1.54) is 0 Å². The Morgan fingerprint density at radius 1 is 1.40 bits per heavy atom. The number of aryl methyl sites for hydroxylation is 1. The molecule has 0 fully saturated rings. The highest BCUT2D eigenvalue weighted by Crippen LogP contribution is 2.24. The number of nitrogens with one attached hydrogen (secondary N) is 1. The van der Waals surface area contributed by atoms with Crippen LogP contribution in [0.2, 0.25) is 0 Å². The molecular weight excluding hydrogens is 274 g/mol. The van der Waals surface area contributed by atoms with Crippen LogP contribution in [0.25, 0.3) is 0 Å². The third-order valence-electron chi connectivity index (χ3n) is 3.14.